The number of nitrogens with zero attached hydrogens (tertiary/aromatic N) is 2. The number of hydrogen-bond acceptors (Lipinski definition) is 2. The SMILES string of the molecule is Cc1cc(C)c2c(c1)-c1ccc3ccccc3[n+]1C2.Cc1cccnc1-c1[c-]cccc1.[Ir].c1cc(-c2ccc3c4ccccc4c4ccccc4c3c2)cc(-c2cccc3c2sc2ccccc23)c1.c1ccc2cc(-c3cc(-c4ccc5ccccc5c4)c4ccc5c(-c6ccc7ccccc7c6)cc(-c6ccc7ccccc7c6)c6ccc3c4c65)ccc2c1. The molecule has 0 spiro atoms. The topological polar surface area (TPSA) is 16.8 Å². The molecule has 25 aromatic rings. The third kappa shape index (κ3) is 13.8. The quantitative estimate of drug-likeness (QED) is 0.0883. The van der Waals surface area contributed by atoms with E-state index in [1.54, 1.807) is 0 Å². The molecule has 0 N–H and O–H groups in total. The van der Waals surface area contributed by atoms with Crippen molar-refractivity contribution in [3.05, 3.63) is 459 Å². The van der Waals surface area contributed by atoms with Crippen LogP contribution >= 0.6 is 11.3 Å². The van der Waals surface area contributed by atoms with E-state index in [-0.39, 0.29) is 20.1 Å². The van der Waals surface area contributed by atoms with Gasteiger partial charge in [0, 0.05) is 69.6 Å². The summed E-state index contributed by atoms with van der Waals surface area (Å²) in [6.07, 6.45) is 1.81. The normalized spacial score (nSPS) is 11.7. The van der Waals surface area contributed by atoms with Gasteiger partial charge in [-0.3, -0.25) is 0 Å². The molecule has 1 aliphatic heterocycles. The van der Waals surface area contributed by atoms with E-state index < -0.39 is 0 Å². The van der Waals surface area contributed by atoms with Gasteiger partial charge in [-0.15, -0.1) is 47.2 Å². The van der Waals surface area contributed by atoms with Crippen LogP contribution in [0.4, 0.5) is 0 Å². The molecule has 0 aliphatic carbocycles. The number of para-hydroxylation sites is 1. The molecule has 0 atom stereocenters. The minimum absolute atomic E-state index is 0. The van der Waals surface area contributed by atoms with Gasteiger partial charge in [-0.25, -0.2) is 0 Å². The zero-order valence-electron chi connectivity index (χ0n) is 69.8. The minimum atomic E-state index is 0. The van der Waals surface area contributed by atoms with Gasteiger partial charge in [-0.2, -0.15) is 4.57 Å². The molecule has 26 rings (SSSR count). The fourth-order valence-electron chi connectivity index (χ4n) is 19.9. The third-order valence-corrected chi connectivity index (χ3v) is 27.1. The second kappa shape index (κ2) is 32.4. The van der Waals surface area contributed by atoms with Crippen molar-refractivity contribution in [1.82, 2.24) is 4.98 Å². The van der Waals surface area contributed by atoms with Crippen LogP contribution in [-0.2, 0) is 26.7 Å². The molecule has 126 heavy (non-hydrogen) atoms. The van der Waals surface area contributed by atoms with Gasteiger partial charge in [0.25, 0.3) is 0 Å². The standard InChI is InChI=1S/C56H34.C36H22S.C18H16N.C12H10N.Ir/c1-5-13-39-29-43(21-17-35(39)9-1)51-33-52(44-22-18-36-10-2-6-14-40(36)30-44)48-27-28-50-54(46-24-20-38-12-4-8-16-42(38)32-46)34-53(49-26-25-47(51)55(48)56(49)50)45-23-19-37-11-3-7-15-41(37)31-45;1-2-13-29-27(11-1)28-12-3-4-14-30(28)34-22-24(19-20-31(29)34)23-9-7-10-25(21-23)26-16-8-17-33-32-15-5-6-18-35(32)37-36(26)33;1-12-9-13(2)16-11-19-17-6-4-3-5-14(17)7-8-18(19)15(16)10-12;1-10-6-5-9-13-12(10)11-7-3-2-4-8-11;/h1-34H;1-22H;3-10H,11H2,1-2H3;2-7,9H,1H3;/q;;+1;-1;. The van der Waals surface area contributed by atoms with Crippen LogP contribution in [0.1, 0.15) is 22.3 Å². The third-order valence-electron chi connectivity index (χ3n) is 25.9. The van der Waals surface area contributed by atoms with Crippen LogP contribution in [0.3, 0.4) is 0 Å². The first-order valence-corrected chi connectivity index (χ1v) is 44.0. The summed E-state index contributed by atoms with van der Waals surface area (Å²) in [6.45, 7) is 7.46. The Morgan fingerprint density at radius 1 is 0.270 bits per heavy atom. The monoisotopic (exact) mass is 1800 g/mol. The van der Waals surface area contributed by atoms with E-state index in [2.05, 4.69) is 431 Å². The van der Waals surface area contributed by atoms with Crippen LogP contribution in [0.2, 0.25) is 0 Å². The fraction of sp³-hybridized carbons (Fsp3) is 0.0328. The van der Waals surface area contributed by atoms with Crippen molar-refractivity contribution in [2.45, 2.75) is 27.3 Å². The maximum absolute atomic E-state index is 4.32. The molecular formula is C122H82IrN2S. The van der Waals surface area contributed by atoms with Crippen molar-refractivity contribution < 1.29 is 24.7 Å². The molecule has 4 heteroatoms. The van der Waals surface area contributed by atoms with Crippen LogP contribution in [-0.4, -0.2) is 4.98 Å². The molecule has 595 valence electrons. The van der Waals surface area contributed by atoms with Crippen molar-refractivity contribution in [2.24, 2.45) is 0 Å². The Labute approximate surface area is 749 Å². The molecule has 0 saturated carbocycles. The van der Waals surface area contributed by atoms with E-state index in [0.717, 1.165) is 17.8 Å². The number of aryl methyl sites for hydroxylation is 3. The number of rotatable bonds is 7. The molecule has 0 amide bonds. The van der Waals surface area contributed by atoms with Gasteiger partial charge in [0.05, 0.1) is 5.56 Å². The number of benzene rings is 22. The second-order valence-electron chi connectivity index (χ2n) is 33.4. The molecule has 0 saturated heterocycles. The Bertz CT molecular complexity index is 8140. The molecule has 1 aliphatic rings. The van der Waals surface area contributed by atoms with Gasteiger partial charge >= 0.3 is 0 Å². The maximum atomic E-state index is 4.32. The summed E-state index contributed by atoms with van der Waals surface area (Å²) in [7, 11) is 0. The Hall–Kier alpha value is -14.9. The molecule has 4 heterocycles. The maximum Gasteiger partial charge on any atom is 0.213 e. The average molecular weight is 1800 g/mol. The van der Waals surface area contributed by atoms with Crippen LogP contribution in [0, 0.1) is 26.8 Å². The summed E-state index contributed by atoms with van der Waals surface area (Å²) in [5.41, 5.74) is 26.6. The first-order valence-electron chi connectivity index (χ1n) is 43.2. The smallest absolute Gasteiger partial charge is 0.213 e. The van der Waals surface area contributed by atoms with Crippen molar-refractivity contribution in [3.63, 3.8) is 0 Å². The minimum Gasteiger partial charge on any atom is -0.304 e. The van der Waals surface area contributed by atoms with E-state index in [9.17, 15) is 0 Å². The van der Waals surface area contributed by atoms with Gasteiger partial charge in [0.15, 0.2) is 6.54 Å². The predicted octanol–water partition coefficient (Wildman–Crippen LogP) is 33.3. The fourth-order valence-corrected chi connectivity index (χ4v) is 21.1. The van der Waals surface area contributed by atoms with Crippen LogP contribution < -0.4 is 4.57 Å². The Morgan fingerprint density at radius 3 is 1.22 bits per heavy atom. The van der Waals surface area contributed by atoms with E-state index >= 15 is 0 Å². The molecule has 22 aromatic carbocycles. The Balaban J connectivity index is 0.000000114. The van der Waals surface area contributed by atoms with Gasteiger partial charge in [0.2, 0.25) is 11.2 Å². The molecule has 0 fully saturated rings. The second-order valence-corrected chi connectivity index (χ2v) is 34.4. The van der Waals surface area contributed by atoms with Gasteiger partial charge in [-0.05, 0) is 291 Å². The predicted molar refractivity (Wildman–Crippen MR) is 536 cm³/mol. The zero-order valence-corrected chi connectivity index (χ0v) is 73.0. The van der Waals surface area contributed by atoms with Gasteiger partial charge < -0.3 is 4.98 Å². The first-order chi connectivity index (χ1) is 61.7. The summed E-state index contributed by atoms with van der Waals surface area (Å²) in [6, 6.07) is 159. The molecule has 1 radical (unpaired) electrons. The Morgan fingerprint density at radius 2 is 0.690 bits per heavy atom. The van der Waals surface area contributed by atoms with Crippen molar-refractivity contribution in [2.75, 3.05) is 0 Å². The van der Waals surface area contributed by atoms with Crippen LogP contribution in [0.15, 0.2) is 431 Å². The number of pyridine rings is 2. The number of aromatic nitrogens is 2. The number of thiophene rings is 1. The van der Waals surface area contributed by atoms with E-state index in [4.69, 9.17) is 0 Å². The molecule has 0 unspecified atom stereocenters. The summed E-state index contributed by atoms with van der Waals surface area (Å²) >= 11 is 1.89. The van der Waals surface area contributed by atoms with Crippen molar-refractivity contribution >= 4 is 150 Å². The van der Waals surface area contributed by atoms with Crippen molar-refractivity contribution in [3.8, 4) is 89.3 Å². The summed E-state index contributed by atoms with van der Waals surface area (Å²) in [5.74, 6) is 0. The summed E-state index contributed by atoms with van der Waals surface area (Å²) in [4.78, 5) is 4.32. The number of fused-ring (bicyclic) bond motifs is 18. The Kier molecular flexibility index (Phi) is 19.9. The summed E-state index contributed by atoms with van der Waals surface area (Å²) < 4.78 is 5.14. The number of hydrogen-bond donors (Lipinski definition) is 0. The van der Waals surface area contributed by atoms with Gasteiger partial charge in [-0.1, -0.05) is 315 Å². The van der Waals surface area contributed by atoms with Gasteiger partial charge in [0.1, 0.15) is 0 Å². The average Bonchev–Trinajstić information content (AvgIpc) is 0.907. The van der Waals surface area contributed by atoms with E-state index in [1.165, 1.54) is 239 Å². The molecule has 0 bridgehead atoms. The van der Waals surface area contributed by atoms with E-state index in [0.29, 0.717) is 0 Å². The van der Waals surface area contributed by atoms with Crippen LogP contribution in [0.5, 0.6) is 0 Å². The zero-order chi connectivity index (χ0) is 83.2. The summed E-state index contributed by atoms with van der Waals surface area (Å²) in [5, 5.41) is 29.6. The molecular weight excluding hydrogens is 1720 g/mol. The molecule has 2 nitrogen and oxygen atoms in total. The van der Waals surface area contributed by atoms with Crippen molar-refractivity contribution in [1.29, 1.82) is 0 Å². The van der Waals surface area contributed by atoms with Crippen LogP contribution in [0.25, 0.3) is 228 Å². The first kappa shape index (κ1) is 77.2. The van der Waals surface area contributed by atoms with E-state index in [1.807, 2.05) is 47.9 Å². The molecule has 3 aromatic heterocycles. The largest absolute Gasteiger partial charge is 0.304 e.